The van der Waals surface area contributed by atoms with E-state index in [1.54, 1.807) is 29.2 Å². The quantitative estimate of drug-likeness (QED) is 0.483. The Kier molecular flexibility index (Phi) is 3.19. The van der Waals surface area contributed by atoms with Gasteiger partial charge in [0.2, 0.25) is 5.96 Å². The molecule has 6 N–H and O–H groups in total. The minimum absolute atomic E-state index is 0.00325. The molecule has 1 aromatic heterocycles. The van der Waals surface area contributed by atoms with Crippen molar-refractivity contribution in [2.45, 2.75) is 0 Å². The summed E-state index contributed by atoms with van der Waals surface area (Å²) in [6.45, 7) is 0. The van der Waals surface area contributed by atoms with Crippen LogP contribution in [0.2, 0.25) is 0 Å². The molecule has 0 aliphatic rings. The molecule has 0 fully saturated rings. The molecule has 18 heavy (non-hydrogen) atoms. The maximum atomic E-state index is 5.51. The van der Waals surface area contributed by atoms with E-state index < -0.39 is 0 Å². The smallest absolute Gasteiger partial charge is 0.223 e. The Balaban J connectivity index is 2.21. The Morgan fingerprint density at radius 1 is 1.11 bits per heavy atom. The average Bonchev–Trinajstić information content (AvgIpc) is 2.82. The van der Waals surface area contributed by atoms with Crippen molar-refractivity contribution in [1.82, 2.24) is 15.0 Å². The fraction of sp³-hybridized carbons (Fsp3) is 0. The summed E-state index contributed by atoms with van der Waals surface area (Å²) in [5.41, 5.74) is 17.4. The number of aliphatic imine (C=N–C) groups is 2. The summed E-state index contributed by atoms with van der Waals surface area (Å²) in [6.07, 6.45) is 3.34. The van der Waals surface area contributed by atoms with E-state index >= 15 is 0 Å². The third-order valence-corrected chi connectivity index (χ3v) is 2.02. The van der Waals surface area contributed by atoms with Crippen LogP contribution in [-0.2, 0) is 0 Å². The van der Waals surface area contributed by atoms with Crippen LogP contribution in [0, 0.1) is 0 Å². The normalized spacial score (nSPS) is 11.2. The summed E-state index contributed by atoms with van der Waals surface area (Å²) >= 11 is 0. The largest absolute Gasteiger partial charge is 0.370 e. The zero-order chi connectivity index (χ0) is 13.0. The summed E-state index contributed by atoms with van der Waals surface area (Å²) in [5.74, 6) is -0.126. The summed E-state index contributed by atoms with van der Waals surface area (Å²) in [7, 11) is 0. The zero-order valence-electron chi connectivity index (χ0n) is 9.43. The van der Waals surface area contributed by atoms with Gasteiger partial charge in [0.15, 0.2) is 5.96 Å². The van der Waals surface area contributed by atoms with E-state index in [4.69, 9.17) is 17.2 Å². The van der Waals surface area contributed by atoms with Crippen molar-refractivity contribution in [2.24, 2.45) is 27.2 Å². The van der Waals surface area contributed by atoms with Crippen LogP contribution in [0.5, 0.6) is 0 Å². The molecule has 0 bridgehead atoms. The molecular formula is C10H12N8. The predicted octanol–water partition coefficient (Wildman–Crippen LogP) is -0.513. The van der Waals surface area contributed by atoms with Crippen LogP contribution in [0.1, 0.15) is 0 Å². The van der Waals surface area contributed by atoms with Gasteiger partial charge in [0.1, 0.15) is 0 Å². The van der Waals surface area contributed by atoms with Gasteiger partial charge in [-0.25, -0.2) is 9.67 Å². The molecule has 0 saturated carbocycles. The highest BCUT2D eigenvalue weighted by molar-refractivity contribution is 5.93. The number of guanidine groups is 2. The predicted molar refractivity (Wildman–Crippen MR) is 68.5 cm³/mol. The van der Waals surface area contributed by atoms with E-state index in [0.29, 0.717) is 5.69 Å². The highest BCUT2D eigenvalue weighted by Gasteiger charge is 1.97. The summed E-state index contributed by atoms with van der Waals surface area (Å²) in [5, 5.41) is 7.59. The second kappa shape index (κ2) is 4.95. The van der Waals surface area contributed by atoms with Gasteiger partial charge >= 0.3 is 0 Å². The van der Waals surface area contributed by atoms with Gasteiger partial charge in [-0.05, 0) is 24.3 Å². The van der Waals surface area contributed by atoms with Crippen molar-refractivity contribution in [3.05, 3.63) is 36.7 Å². The Morgan fingerprint density at radius 2 is 1.83 bits per heavy atom. The first kappa shape index (κ1) is 11.6. The topological polar surface area (TPSA) is 133 Å². The van der Waals surface area contributed by atoms with Crippen LogP contribution >= 0.6 is 0 Å². The summed E-state index contributed by atoms with van der Waals surface area (Å²) < 4.78 is 1.63. The first-order valence-electron chi connectivity index (χ1n) is 5.06. The maximum Gasteiger partial charge on any atom is 0.223 e. The number of benzene rings is 1. The number of hydrogen-bond donors (Lipinski definition) is 3. The molecule has 8 heteroatoms. The molecule has 92 valence electrons. The van der Waals surface area contributed by atoms with Crippen LogP contribution in [0.15, 0.2) is 46.6 Å². The van der Waals surface area contributed by atoms with Gasteiger partial charge in [0.25, 0.3) is 0 Å². The molecule has 2 rings (SSSR count). The number of aromatic nitrogens is 3. The van der Waals surface area contributed by atoms with E-state index in [1.165, 1.54) is 0 Å². The van der Waals surface area contributed by atoms with Crippen molar-refractivity contribution in [2.75, 3.05) is 0 Å². The van der Waals surface area contributed by atoms with Gasteiger partial charge in [-0.15, -0.1) is 5.10 Å². The molecular weight excluding hydrogens is 232 g/mol. The third-order valence-electron chi connectivity index (χ3n) is 2.02. The van der Waals surface area contributed by atoms with E-state index in [-0.39, 0.29) is 11.9 Å². The molecule has 0 aliphatic heterocycles. The average molecular weight is 244 g/mol. The Morgan fingerprint density at radius 3 is 2.39 bits per heavy atom. The Labute approximate surface area is 103 Å². The second-order valence-corrected chi connectivity index (χ2v) is 3.37. The number of rotatable bonds is 2. The third kappa shape index (κ3) is 2.82. The van der Waals surface area contributed by atoms with E-state index in [0.717, 1.165) is 5.69 Å². The number of nitrogens with zero attached hydrogens (tertiary/aromatic N) is 5. The molecule has 0 atom stereocenters. The van der Waals surface area contributed by atoms with Crippen molar-refractivity contribution in [3.8, 4) is 5.69 Å². The van der Waals surface area contributed by atoms with Gasteiger partial charge in [0, 0.05) is 0 Å². The molecule has 1 aromatic carbocycles. The van der Waals surface area contributed by atoms with Crippen LogP contribution in [-0.4, -0.2) is 26.9 Å². The Hall–Kier alpha value is -2.90. The lowest BCUT2D eigenvalue weighted by Crippen LogP contribution is -2.26. The van der Waals surface area contributed by atoms with Gasteiger partial charge in [-0.2, -0.15) is 4.99 Å². The van der Waals surface area contributed by atoms with Crippen LogP contribution in [0.4, 0.5) is 5.69 Å². The molecule has 0 spiro atoms. The lowest BCUT2D eigenvalue weighted by Gasteiger charge is -2.00. The second-order valence-electron chi connectivity index (χ2n) is 3.37. The first-order valence-corrected chi connectivity index (χ1v) is 5.06. The molecule has 1 heterocycles. The minimum atomic E-state index is -0.129. The highest BCUT2D eigenvalue weighted by atomic mass is 15.4. The van der Waals surface area contributed by atoms with Gasteiger partial charge in [-0.3, -0.25) is 0 Å². The van der Waals surface area contributed by atoms with Gasteiger partial charge in [0.05, 0.1) is 23.8 Å². The lowest BCUT2D eigenvalue weighted by atomic mass is 10.3. The van der Waals surface area contributed by atoms with Crippen LogP contribution in [0.25, 0.3) is 5.69 Å². The molecule has 0 radical (unpaired) electrons. The van der Waals surface area contributed by atoms with E-state index in [2.05, 4.69) is 20.3 Å². The number of hydrogen-bond acceptors (Lipinski definition) is 3. The lowest BCUT2D eigenvalue weighted by molar-refractivity contribution is 0.803. The first-order chi connectivity index (χ1) is 8.65. The fourth-order valence-corrected chi connectivity index (χ4v) is 1.32. The Bertz CT molecular complexity index is 562. The molecule has 0 saturated heterocycles. The molecule has 8 nitrogen and oxygen atoms in total. The van der Waals surface area contributed by atoms with Crippen molar-refractivity contribution >= 4 is 17.6 Å². The van der Waals surface area contributed by atoms with E-state index in [9.17, 15) is 0 Å². The number of nitrogens with two attached hydrogens (primary N) is 3. The van der Waals surface area contributed by atoms with E-state index in [1.807, 2.05) is 12.1 Å². The summed E-state index contributed by atoms with van der Waals surface area (Å²) in [6, 6.07) is 7.20. The van der Waals surface area contributed by atoms with Crippen molar-refractivity contribution in [1.29, 1.82) is 0 Å². The minimum Gasteiger partial charge on any atom is -0.370 e. The van der Waals surface area contributed by atoms with Gasteiger partial charge in [-0.1, -0.05) is 5.21 Å². The standard InChI is InChI=1S/C10H12N8/c11-9(12)16-10(13)15-7-1-3-8(4-2-7)18-6-5-14-17-18/h1-6H,(H6,11,12,13,15,16). The molecule has 0 unspecified atom stereocenters. The van der Waals surface area contributed by atoms with Gasteiger partial charge < -0.3 is 17.2 Å². The fourth-order valence-electron chi connectivity index (χ4n) is 1.32. The monoisotopic (exact) mass is 244 g/mol. The van der Waals surface area contributed by atoms with Crippen molar-refractivity contribution < 1.29 is 0 Å². The highest BCUT2D eigenvalue weighted by Crippen LogP contribution is 2.14. The molecule has 0 amide bonds. The summed E-state index contributed by atoms with van der Waals surface area (Å²) in [4.78, 5) is 7.64. The molecule has 0 aliphatic carbocycles. The van der Waals surface area contributed by atoms with Crippen molar-refractivity contribution in [3.63, 3.8) is 0 Å². The zero-order valence-corrected chi connectivity index (χ0v) is 9.43. The maximum absolute atomic E-state index is 5.51. The SMILES string of the molecule is NC(N)=NC(N)=Nc1ccc(-n2ccnn2)cc1. The van der Waals surface area contributed by atoms with Crippen LogP contribution < -0.4 is 17.2 Å². The van der Waals surface area contributed by atoms with Crippen LogP contribution in [0.3, 0.4) is 0 Å². The molecule has 2 aromatic rings.